The van der Waals surface area contributed by atoms with Crippen LogP contribution in [0.1, 0.15) is 24.3 Å². The Labute approximate surface area is 100 Å². The number of thiophene rings is 1. The molecule has 0 saturated heterocycles. The SMILES string of the molecule is CC1(C)Cc2c(sc3[nH]c(=O)c(=O)[nH]c23)CO1. The second kappa shape index (κ2) is 3.30. The van der Waals surface area contributed by atoms with E-state index in [1.807, 2.05) is 13.8 Å². The van der Waals surface area contributed by atoms with Gasteiger partial charge in [-0.15, -0.1) is 11.3 Å². The first kappa shape index (κ1) is 10.7. The van der Waals surface area contributed by atoms with Gasteiger partial charge in [-0.25, -0.2) is 0 Å². The normalized spacial score (nSPS) is 18.2. The van der Waals surface area contributed by atoms with Crippen molar-refractivity contribution in [3.63, 3.8) is 0 Å². The van der Waals surface area contributed by atoms with Gasteiger partial charge in [0.1, 0.15) is 4.83 Å². The van der Waals surface area contributed by atoms with Crippen LogP contribution < -0.4 is 11.1 Å². The van der Waals surface area contributed by atoms with Crippen molar-refractivity contribution in [1.29, 1.82) is 0 Å². The van der Waals surface area contributed by atoms with Crippen LogP contribution in [-0.4, -0.2) is 15.6 Å². The standard InChI is InChI=1S/C11H12N2O3S/c1-11(2)3-5-6(4-16-11)17-10-7(5)12-8(14)9(15)13-10/h3-4H2,1-2H3,(H,12,14)(H,13,15). The Morgan fingerprint density at radius 3 is 2.71 bits per heavy atom. The molecule has 0 unspecified atom stereocenters. The zero-order chi connectivity index (χ0) is 12.2. The van der Waals surface area contributed by atoms with Gasteiger partial charge in [-0.3, -0.25) is 9.59 Å². The van der Waals surface area contributed by atoms with Crippen LogP contribution in [0.4, 0.5) is 0 Å². The number of ether oxygens (including phenoxy) is 1. The van der Waals surface area contributed by atoms with Gasteiger partial charge in [-0.2, -0.15) is 0 Å². The van der Waals surface area contributed by atoms with Gasteiger partial charge in [0.25, 0.3) is 0 Å². The molecule has 5 nitrogen and oxygen atoms in total. The maximum atomic E-state index is 11.4. The Morgan fingerprint density at radius 2 is 1.94 bits per heavy atom. The summed E-state index contributed by atoms with van der Waals surface area (Å²) in [4.78, 5) is 29.7. The first-order valence-electron chi connectivity index (χ1n) is 5.37. The van der Waals surface area contributed by atoms with Gasteiger partial charge < -0.3 is 14.7 Å². The molecule has 0 spiro atoms. The van der Waals surface area contributed by atoms with Crippen molar-refractivity contribution in [2.75, 3.05) is 0 Å². The fraction of sp³-hybridized carbons (Fsp3) is 0.455. The summed E-state index contributed by atoms with van der Waals surface area (Å²) in [6.07, 6.45) is 0.740. The van der Waals surface area contributed by atoms with Crippen LogP contribution in [0.15, 0.2) is 9.59 Å². The third kappa shape index (κ3) is 1.64. The topological polar surface area (TPSA) is 75.0 Å². The molecule has 17 heavy (non-hydrogen) atoms. The number of fused-ring (bicyclic) bond motifs is 3. The second-order valence-electron chi connectivity index (χ2n) is 4.84. The van der Waals surface area contributed by atoms with E-state index in [1.165, 1.54) is 11.3 Å². The minimum atomic E-state index is -0.601. The lowest BCUT2D eigenvalue weighted by molar-refractivity contribution is -0.0379. The molecule has 90 valence electrons. The van der Waals surface area contributed by atoms with Crippen molar-refractivity contribution < 1.29 is 4.74 Å². The van der Waals surface area contributed by atoms with Crippen molar-refractivity contribution in [1.82, 2.24) is 9.97 Å². The van der Waals surface area contributed by atoms with Crippen molar-refractivity contribution in [3.05, 3.63) is 31.1 Å². The molecular weight excluding hydrogens is 240 g/mol. The average molecular weight is 252 g/mol. The fourth-order valence-electron chi connectivity index (χ4n) is 2.10. The molecule has 0 bridgehead atoms. The van der Waals surface area contributed by atoms with Crippen LogP contribution in [0.3, 0.4) is 0 Å². The number of rotatable bonds is 0. The summed E-state index contributed by atoms with van der Waals surface area (Å²) in [6.45, 7) is 4.57. The first-order valence-corrected chi connectivity index (χ1v) is 6.19. The number of nitrogens with one attached hydrogen (secondary N) is 2. The van der Waals surface area contributed by atoms with E-state index in [1.54, 1.807) is 0 Å². The summed E-state index contributed by atoms with van der Waals surface area (Å²) in [5, 5.41) is 0. The summed E-state index contributed by atoms with van der Waals surface area (Å²) >= 11 is 1.47. The van der Waals surface area contributed by atoms with Crippen LogP contribution in [0.5, 0.6) is 0 Å². The molecule has 0 fully saturated rings. The van der Waals surface area contributed by atoms with Crippen molar-refractivity contribution in [2.24, 2.45) is 0 Å². The zero-order valence-electron chi connectivity index (χ0n) is 9.55. The van der Waals surface area contributed by atoms with Crippen molar-refractivity contribution in [3.8, 4) is 0 Å². The molecule has 0 aliphatic carbocycles. The van der Waals surface area contributed by atoms with Gasteiger partial charge in [-0.05, 0) is 19.4 Å². The van der Waals surface area contributed by atoms with Crippen LogP contribution in [0, 0.1) is 0 Å². The zero-order valence-corrected chi connectivity index (χ0v) is 10.4. The highest BCUT2D eigenvalue weighted by Crippen LogP contribution is 2.36. The van der Waals surface area contributed by atoms with E-state index in [-0.39, 0.29) is 5.60 Å². The largest absolute Gasteiger partial charge is 0.370 e. The second-order valence-corrected chi connectivity index (χ2v) is 5.95. The van der Waals surface area contributed by atoms with Crippen LogP contribution in [0.2, 0.25) is 0 Å². The Kier molecular flexibility index (Phi) is 2.08. The molecule has 0 aromatic carbocycles. The fourth-order valence-corrected chi connectivity index (χ4v) is 3.19. The Morgan fingerprint density at radius 1 is 1.24 bits per heavy atom. The van der Waals surface area contributed by atoms with Gasteiger partial charge >= 0.3 is 11.1 Å². The predicted octanol–water partition coefficient (Wildman–Crippen LogP) is 1.13. The van der Waals surface area contributed by atoms with Gasteiger partial charge in [0.15, 0.2) is 0 Å². The molecular formula is C11H12N2O3S. The number of aromatic amines is 2. The highest BCUT2D eigenvalue weighted by atomic mass is 32.1. The maximum Gasteiger partial charge on any atom is 0.314 e. The highest BCUT2D eigenvalue weighted by molar-refractivity contribution is 7.18. The third-order valence-corrected chi connectivity index (χ3v) is 4.08. The van der Waals surface area contributed by atoms with Gasteiger partial charge in [0, 0.05) is 11.3 Å². The molecule has 3 rings (SSSR count). The monoisotopic (exact) mass is 252 g/mol. The van der Waals surface area contributed by atoms with E-state index in [9.17, 15) is 9.59 Å². The van der Waals surface area contributed by atoms with E-state index in [2.05, 4.69) is 9.97 Å². The first-order chi connectivity index (χ1) is 7.96. The van der Waals surface area contributed by atoms with Gasteiger partial charge in [-0.1, -0.05) is 0 Å². The molecule has 0 amide bonds. The van der Waals surface area contributed by atoms with E-state index < -0.39 is 11.1 Å². The molecule has 2 aromatic heterocycles. The summed E-state index contributed by atoms with van der Waals surface area (Å²) < 4.78 is 5.71. The van der Waals surface area contributed by atoms with Gasteiger partial charge in [0.05, 0.1) is 17.7 Å². The summed E-state index contributed by atoms with van der Waals surface area (Å²) in [7, 11) is 0. The van der Waals surface area contributed by atoms with E-state index in [0.29, 0.717) is 6.61 Å². The molecule has 2 aromatic rings. The molecule has 0 saturated carbocycles. The highest BCUT2D eigenvalue weighted by Gasteiger charge is 2.29. The van der Waals surface area contributed by atoms with Crippen molar-refractivity contribution in [2.45, 2.75) is 32.5 Å². The Bertz CT molecular complexity index is 708. The molecule has 1 aliphatic rings. The predicted molar refractivity (Wildman–Crippen MR) is 65.6 cm³/mol. The third-order valence-electron chi connectivity index (χ3n) is 2.96. The number of H-pyrrole nitrogens is 2. The quantitative estimate of drug-likeness (QED) is 0.690. The van der Waals surface area contributed by atoms with E-state index in [4.69, 9.17) is 4.74 Å². The molecule has 0 radical (unpaired) electrons. The molecule has 3 heterocycles. The number of aromatic nitrogens is 2. The summed E-state index contributed by atoms with van der Waals surface area (Å²) in [5.74, 6) is 0. The lowest BCUT2D eigenvalue weighted by Gasteiger charge is -2.29. The van der Waals surface area contributed by atoms with Crippen LogP contribution >= 0.6 is 11.3 Å². The Hall–Kier alpha value is -1.40. The smallest absolute Gasteiger partial charge is 0.314 e. The average Bonchev–Trinajstić information content (AvgIpc) is 2.56. The summed E-state index contributed by atoms with van der Waals surface area (Å²) in [6, 6.07) is 0. The molecule has 2 N–H and O–H groups in total. The molecule has 0 atom stereocenters. The van der Waals surface area contributed by atoms with Crippen molar-refractivity contribution >= 4 is 21.7 Å². The molecule has 1 aliphatic heterocycles. The number of hydrogen-bond donors (Lipinski definition) is 2. The lowest BCUT2D eigenvalue weighted by atomic mass is 9.96. The number of hydrogen-bond acceptors (Lipinski definition) is 4. The lowest BCUT2D eigenvalue weighted by Crippen LogP contribution is -2.32. The van der Waals surface area contributed by atoms with Crippen LogP contribution in [0.25, 0.3) is 10.3 Å². The minimum absolute atomic E-state index is 0.228. The maximum absolute atomic E-state index is 11.4. The van der Waals surface area contributed by atoms with E-state index >= 15 is 0 Å². The van der Waals surface area contributed by atoms with Gasteiger partial charge in [0.2, 0.25) is 0 Å². The van der Waals surface area contributed by atoms with E-state index in [0.717, 1.165) is 27.2 Å². The Balaban J connectivity index is 2.32. The minimum Gasteiger partial charge on any atom is -0.370 e. The molecule has 6 heteroatoms. The summed E-state index contributed by atoms with van der Waals surface area (Å²) in [5.41, 5.74) is 0.424. The van der Waals surface area contributed by atoms with Crippen LogP contribution in [-0.2, 0) is 17.8 Å².